The number of aromatic amines is 1. The molecule has 0 atom stereocenters. The second kappa shape index (κ2) is 10.7. The summed E-state index contributed by atoms with van der Waals surface area (Å²) in [4.78, 5) is 11.1. The molecule has 2 aliphatic rings. The first-order chi connectivity index (χ1) is 19.0. The maximum absolute atomic E-state index is 13.8. The van der Waals surface area contributed by atoms with E-state index in [4.69, 9.17) is 10.1 Å². The van der Waals surface area contributed by atoms with E-state index in [1.165, 1.54) is 41.4 Å². The summed E-state index contributed by atoms with van der Waals surface area (Å²) in [6, 6.07) is 18.1. The first-order valence-electron chi connectivity index (χ1n) is 13.9. The third-order valence-electron chi connectivity index (χ3n) is 8.19. The van der Waals surface area contributed by atoms with Gasteiger partial charge in [-0.25, -0.2) is 9.37 Å². The number of aryl methyl sites for hydroxylation is 1. The molecule has 0 amide bonds. The molecule has 206 valence electrons. The Bertz CT molecular complexity index is 1660. The van der Waals surface area contributed by atoms with Crippen molar-refractivity contribution in [1.82, 2.24) is 25.1 Å². The van der Waals surface area contributed by atoms with Gasteiger partial charge in [-0.1, -0.05) is 24.3 Å². The Labute approximate surface area is 240 Å². The Morgan fingerprint density at radius 2 is 1.75 bits per heavy atom. The molecule has 2 N–H and O–H groups in total. The van der Waals surface area contributed by atoms with Gasteiger partial charge < -0.3 is 15.2 Å². The lowest BCUT2D eigenvalue weighted by Gasteiger charge is -2.29. The predicted molar refractivity (Wildman–Crippen MR) is 162 cm³/mol. The van der Waals surface area contributed by atoms with E-state index in [-0.39, 0.29) is 18.2 Å². The Morgan fingerprint density at radius 3 is 2.48 bits per heavy atom. The van der Waals surface area contributed by atoms with Gasteiger partial charge in [0.25, 0.3) is 0 Å². The number of aromatic nitrogens is 4. The molecule has 4 heterocycles. The number of hydrogen-bond acceptors (Lipinski definition) is 4. The van der Waals surface area contributed by atoms with E-state index in [2.05, 4.69) is 58.7 Å². The molecule has 2 aromatic carbocycles. The van der Waals surface area contributed by atoms with Crippen molar-refractivity contribution in [3.05, 3.63) is 89.3 Å². The van der Waals surface area contributed by atoms with E-state index < -0.39 is 0 Å². The van der Waals surface area contributed by atoms with E-state index >= 15 is 0 Å². The number of hydrogen-bond donors (Lipinski definition) is 2. The van der Waals surface area contributed by atoms with Crippen LogP contribution in [0.1, 0.15) is 41.4 Å². The summed E-state index contributed by atoms with van der Waals surface area (Å²) in [5.74, 6) is 0.304. The number of piperazine rings is 1. The van der Waals surface area contributed by atoms with Crippen LogP contribution in [0, 0.1) is 19.7 Å². The van der Waals surface area contributed by atoms with Gasteiger partial charge in [0, 0.05) is 71.8 Å². The van der Waals surface area contributed by atoms with Crippen LogP contribution in [0.4, 0.5) is 10.1 Å². The summed E-state index contributed by atoms with van der Waals surface area (Å²) in [5, 5.41) is 9.38. The molecule has 1 aliphatic heterocycles. The third-order valence-corrected chi connectivity index (χ3v) is 8.19. The Kier molecular flexibility index (Phi) is 7.11. The molecule has 0 unspecified atom stereocenters. The topological polar surface area (TPSA) is 61.8 Å². The molecule has 0 radical (unpaired) electrons. The zero-order valence-electron chi connectivity index (χ0n) is 22.9. The van der Waals surface area contributed by atoms with Gasteiger partial charge in [-0.2, -0.15) is 5.10 Å². The highest BCUT2D eigenvalue weighted by Crippen LogP contribution is 2.45. The van der Waals surface area contributed by atoms with Crippen LogP contribution < -0.4 is 10.2 Å². The van der Waals surface area contributed by atoms with E-state index in [0.29, 0.717) is 12.5 Å². The lowest BCUT2D eigenvalue weighted by molar-refractivity contribution is 0.589. The predicted octanol–water partition coefficient (Wildman–Crippen LogP) is 6.61. The molecule has 7 rings (SSSR count). The summed E-state index contributed by atoms with van der Waals surface area (Å²) in [5.41, 5.74) is 11.0. The van der Waals surface area contributed by atoms with E-state index in [1.54, 1.807) is 12.1 Å². The Hall–Kier alpha value is -3.68. The molecule has 5 aromatic rings. The van der Waals surface area contributed by atoms with Crippen LogP contribution >= 0.6 is 12.4 Å². The standard InChI is InChI=1S/C32H33FN6.ClH/c1-20-30(21(2)39(37-20)19-22-4-3-5-25(33)16-22)29-18-35-32-28(29)17-27(31(36-32)24-6-7-24)23-8-10-26(11-9-23)38-14-12-34-13-15-38;/h3-5,8-11,16-18,24,34H,6-7,12-15,19H2,1-2H3,(H,35,36);1H. The van der Waals surface area contributed by atoms with Gasteiger partial charge in [0.2, 0.25) is 0 Å². The SMILES string of the molecule is Cc1nn(Cc2cccc(F)c2)c(C)c1-c1c[nH]c2nc(C3CC3)c(-c3ccc(N4CCNCC4)cc3)cc12.Cl. The van der Waals surface area contributed by atoms with Gasteiger partial charge >= 0.3 is 0 Å². The first kappa shape index (κ1) is 26.5. The van der Waals surface area contributed by atoms with Gasteiger partial charge in [0.15, 0.2) is 0 Å². The van der Waals surface area contributed by atoms with Crippen LogP contribution in [0.15, 0.2) is 60.8 Å². The fourth-order valence-corrected chi connectivity index (χ4v) is 5.99. The highest BCUT2D eigenvalue weighted by molar-refractivity contribution is 5.97. The molecule has 0 bridgehead atoms. The van der Waals surface area contributed by atoms with Crippen molar-refractivity contribution >= 4 is 29.1 Å². The normalized spacial score (nSPS) is 15.4. The van der Waals surface area contributed by atoms with Crippen molar-refractivity contribution in [1.29, 1.82) is 0 Å². The number of anilines is 1. The smallest absolute Gasteiger partial charge is 0.138 e. The van der Waals surface area contributed by atoms with Crippen molar-refractivity contribution < 1.29 is 4.39 Å². The fourth-order valence-electron chi connectivity index (χ4n) is 5.99. The average molecular weight is 557 g/mol. The Morgan fingerprint density at radius 1 is 0.975 bits per heavy atom. The van der Waals surface area contributed by atoms with Gasteiger partial charge in [-0.3, -0.25) is 4.68 Å². The monoisotopic (exact) mass is 556 g/mol. The van der Waals surface area contributed by atoms with Crippen LogP contribution in [-0.2, 0) is 6.54 Å². The van der Waals surface area contributed by atoms with Crippen molar-refractivity contribution in [2.75, 3.05) is 31.1 Å². The molecular formula is C32H34ClFN6. The zero-order chi connectivity index (χ0) is 26.5. The second-order valence-corrected chi connectivity index (χ2v) is 10.9. The molecular weight excluding hydrogens is 523 g/mol. The summed E-state index contributed by atoms with van der Waals surface area (Å²) in [6.45, 7) is 8.81. The van der Waals surface area contributed by atoms with E-state index in [9.17, 15) is 4.39 Å². The van der Waals surface area contributed by atoms with Gasteiger partial charge in [-0.05, 0) is 68.1 Å². The number of nitrogens with one attached hydrogen (secondary N) is 2. The quantitative estimate of drug-likeness (QED) is 0.247. The summed E-state index contributed by atoms with van der Waals surface area (Å²) >= 11 is 0. The minimum Gasteiger partial charge on any atom is -0.369 e. The average Bonchev–Trinajstić information content (AvgIpc) is 3.67. The largest absolute Gasteiger partial charge is 0.369 e. The summed E-state index contributed by atoms with van der Waals surface area (Å²) < 4.78 is 15.8. The minimum atomic E-state index is -0.225. The number of halogens is 2. The summed E-state index contributed by atoms with van der Waals surface area (Å²) in [7, 11) is 0. The molecule has 1 aliphatic carbocycles. The molecule has 3 aromatic heterocycles. The maximum atomic E-state index is 13.8. The van der Waals surface area contributed by atoms with Crippen LogP contribution in [0.5, 0.6) is 0 Å². The van der Waals surface area contributed by atoms with Crippen LogP contribution in [-0.4, -0.2) is 45.9 Å². The number of H-pyrrole nitrogens is 1. The van der Waals surface area contributed by atoms with Gasteiger partial charge in [0.05, 0.1) is 17.9 Å². The van der Waals surface area contributed by atoms with Crippen molar-refractivity contribution in [3.63, 3.8) is 0 Å². The minimum absolute atomic E-state index is 0. The van der Waals surface area contributed by atoms with E-state index in [1.807, 2.05) is 17.7 Å². The number of rotatable bonds is 6. The number of benzene rings is 2. The van der Waals surface area contributed by atoms with Crippen LogP contribution in [0.25, 0.3) is 33.3 Å². The second-order valence-electron chi connectivity index (χ2n) is 10.9. The highest BCUT2D eigenvalue weighted by atomic mass is 35.5. The summed E-state index contributed by atoms with van der Waals surface area (Å²) in [6.07, 6.45) is 4.46. The van der Waals surface area contributed by atoms with Crippen LogP contribution in [0.3, 0.4) is 0 Å². The van der Waals surface area contributed by atoms with E-state index in [0.717, 1.165) is 65.3 Å². The van der Waals surface area contributed by atoms with Crippen molar-refractivity contribution in [2.24, 2.45) is 0 Å². The maximum Gasteiger partial charge on any atom is 0.138 e. The number of pyridine rings is 1. The van der Waals surface area contributed by atoms with Gasteiger partial charge in [0.1, 0.15) is 11.5 Å². The molecule has 2 fully saturated rings. The van der Waals surface area contributed by atoms with Gasteiger partial charge in [-0.15, -0.1) is 12.4 Å². The fraction of sp³-hybridized carbons (Fsp3) is 0.312. The van der Waals surface area contributed by atoms with Crippen LogP contribution in [0.2, 0.25) is 0 Å². The van der Waals surface area contributed by atoms with Crippen molar-refractivity contribution in [2.45, 2.75) is 39.2 Å². The number of fused-ring (bicyclic) bond motifs is 1. The Balaban J connectivity index is 0.00000289. The third kappa shape index (κ3) is 4.88. The molecule has 1 saturated heterocycles. The lowest BCUT2D eigenvalue weighted by Crippen LogP contribution is -2.43. The highest BCUT2D eigenvalue weighted by Gasteiger charge is 2.29. The molecule has 1 saturated carbocycles. The lowest BCUT2D eigenvalue weighted by atomic mass is 9.97. The molecule has 40 heavy (non-hydrogen) atoms. The van der Waals surface area contributed by atoms with Crippen molar-refractivity contribution in [3.8, 4) is 22.3 Å². The zero-order valence-corrected chi connectivity index (χ0v) is 23.7. The first-order valence-corrected chi connectivity index (χ1v) is 13.9. The number of nitrogens with zero attached hydrogens (tertiary/aromatic N) is 4. The molecule has 6 nitrogen and oxygen atoms in total. The molecule has 0 spiro atoms. The molecule has 8 heteroatoms.